The molecule has 0 radical (unpaired) electrons. The summed E-state index contributed by atoms with van der Waals surface area (Å²) in [7, 11) is 0. The number of non-ortho nitro benzene ring substituents is 1. The maximum Gasteiger partial charge on any atom is 0.270 e. The maximum absolute atomic E-state index is 10.6. The van der Waals surface area contributed by atoms with Crippen LogP contribution in [0.5, 0.6) is 5.75 Å². The first-order chi connectivity index (χ1) is 8.66. The van der Waals surface area contributed by atoms with Crippen molar-refractivity contribution in [3.05, 3.63) is 33.9 Å². The lowest BCUT2D eigenvalue weighted by atomic mass is 9.96. The van der Waals surface area contributed by atoms with E-state index in [-0.39, 0.29) is 17.5 Å². The van der Waals surface area contributed by atoms with Gasteiger partial charge in [-0.3, -0.25) is 15.1 Å². The van der Waals surface area contributed by atoms with Gasteiger partial charge in [-0.15, -0.1) is 0 Å². The van der Waals surface area contributed by atoms with Crippen molar-refractivity contribution in [1.29, 1.82) is 0 Å². The van der Waals surface area contributed by atoms with E-state index in [0.717, 1.165) is 12.8 Å². The molecule has 0 saturated heterocycles. The summed E-state index contributed by atoms with van der Waals surface area (Å²) in [5.41, 5.74) is 0.382. The Bertz CT molecular complexity index is 465. The molecule has 0 aliphatic heterocycles. The zero-order chi connectivity index (χ0) is 13.0. The van der Waals surface area contributed by atoms with Gasteiger partial charge in [0.05, 0.1) is 4.92 Å². The molecule has 0 spiro atoms. The number of hydrogen-bond acceptors (Lipinski definition) is 4. The van der Waals surface area contributed by atoms with Gasteiger partial charge in [-0.05, 0) is 18.9 Å². The highest BCUT2D eigenvalue weighted by Gasteiger charge is 2.12. The fourth-order valence-electron chi connectivity index (χ4n) is 2.17. The van der Waals surface area contributed by atoms with Gasteiger partial charge in [-0.25, -0.2) is 0 Å². The van der Waals surface area contributed by atoms with Crippen LogP contribution in [0, 0.1) is 10.1 Å². The number of benzene rings is 1. The average molecular weight is 248 g/mol. The van der Waals surface area contributed by atoms with Gasteiger partial charge in [0.1, 0.15) is 5.75 Å². The number of rotatable bonds is 3. The van der Waals surface area contributed by atoms with Crippen LogP contribution in [0.15, 0.2) is 23.2 Å². The average Bonchev–Trinajstić information content (AvgIpc) is 2.38. The van der Waals surface area contributed by atoms with Crippen LogP contribution in [0.2, 0.25) is 0 Å². The largest absolute Gasteiger partial charge is 0.507 e. The van der Waals surface area contributed by atoms with Crippen molar-refractivity contribution in [3.63, 3.8) is 0 Å². The number of hydrogen-bond donors (Lipinski definition) is 1. The molecular formula is C13H16N2O3. The van der Waals surface area contributed by atoms with Crippen LogP contribution >= 0.6 is 0 Å². The van der Waals surface area contributed by atoms with Crippen molar-refractivity contribution in [2.24, 2.45) is 4.99 Å². The van der Waals surface area contributed by atoms with Gasteiger partial charge in [-0.1, -0.05) is 19.3 Å². The highest BCUT2D eigenvalue weighted by Crippen LogP contribution is 2.23. The summed E-state index contributed by atoms with van der Waals surface area (Å²) >= 11 is 0. The highest BCUT2D eigenvalue weighted by atomic mass is 16.6. The van der Waals surface area contributed by atoms with E-state index in [1.807, 2.05) is 0 Å². The monoisotopic (exact) mass is 248 g/mol. The summed E-state index contributed by atoms with van der Waals surface area (Å²) in [5, 5.41) is 20.3. The number of nitrogens with zero attached hydrogens (tertiary/aromatic N) is 2. The molecule has 5 nitrogen and oxygen atoms in total. The molecular weight excluding hydrogens is 232 g/mol. The van der Waals surface area contributed by atoms with Crippen molar-refractivity contribution in [1.82, 2.24) is 0 Å². The molecule has 1 aromatic rings. The Balaban J connectivity index is 2.14. The lowest BCUT2D eigenvalue weighted by molar-refractivity contribution is -0.384. The highest BCUT2D eigenvalue weighted by molar-refractivity contribution is 5.84. The fraction of sp³-hybridized carbons (Fsp3) is 0.462. The smallest absolute Gasteiger partial charge is 0.270 e. The van der Waals surface area contributed by atoms with Crippen LogP contribution in [0.25, 0.3) is 0 Å². The molecule has 1 N–H and O–H groups in total. The lowest BCUT2D eigenvalue weighted by Gasteiger charge is -2.17. The Kier molecular flexibility index (Phi) is 3.92. The van der Waals surface area contributed by atoms with Gasteiger partial charge in [0.2, 0.25) is 0 Å². The first-order valence-corrected chi connectivity index (χ1v) is 6.17. The Labute approximate surface area is 105 Å². The van der Waals surface area contributed by atoms with E-state index in [2.05, 4.69) is 4.99 Å². The quantitative estimate of drug-likeness (QED) is 0.507. The summed E-state index contributed by atoms with van der Waals surface area (Å²) in [6.07, 6.45) is 7.30. The fourth-order valence-corrected chi connectivity index (χ4v) is 2.17. The molecule has 2 rings (SSSR count). The van der Waals surface area contributed by atoms with E-state index in [0.29, 0.717) is 5.56 Å². The molecule has 0 bridgehead atoms. The third-order valence-corrected chi connectivity index (χ3v) is 3.22. The standard InChI is InChI=1S/C13H16N2O3/c16-13-7-6-12(15(17)18)8-10(13)9-14-11-4-2-1-3-5-11/h6-9,11,16H,1-5H2/b14-9+. The molecule has 1 fully saturated rings. The van der Waals surface area contributed by atoms with Gasteiger partial charge in [0, 0.05) is 30.0 Å². The zero-order valence-corrected chi connectivity index (χ0v) is 10.1. The minimum Gasteiger partial charge on any atom is -0.507 e. The van der Waals surface area contributed by atoms with Crippen LogP contribution in [0.3, 0.4) is 0 Å². The summed E-state index contributed by atoms with van der Waals surface area (Å²) in [4.78, 5) is 14.6. The number of aromatic hydroxyl groups is 1. The Morgan fingerprint density at radius 3 is 2.72 bits per heavy atom. The molecule has 96 valence electrons. The summed E-state index contributed by atoms with van der Waals surface area (Å²) in [6, 6.07) is 4.26. The molecule has 0 heterocycles. The van der Waals surface area contributed by atoms with Crippen molar-refractivity contribution in [2.75, 3.05) is 0 Å². The second kappa shape index (κ2) is 5.62. The molecule has 0 unspecified atom stereocenters. The minimum atomic E-state index is -0.475. The van der Waals surface area contributed by atoms with Crippen molar-refractivity contribution in [3.8, 4) is 5.75 Å². The summed E-state index contributed by atoms with van der Waals surface area (Å²) < 4.78 is 0. The predicted octanol–water partition coefficient (Wildman–Crippen LogP) is 3.05. The van der Waals surface area contributed by atoms with Crippen LogP contribution < -0.4 is 0 Å². The zero-order valence-electron chi connectivity index (χ0n) is 10.1. The van der Waals surface area contributed by atoms with E-state index >= 15 is 0 Å². The van der Waals surface area contributed by atoms with Crippen LogP contribution in [0.1, 0.15) is 37.7 Å². The second-order valence-corrected chi connectivity index (χ2v) is 4.57. The number of nitro groups is 1. The van der Waals surface area contributed by atoms with E-state index in [9.17, 15) is 15.2 Å². The Hall–Kier alpha value is -1.91. The minimum absolute atomic E-state index is 0.0279. The molecule has 1 aliphatic rings. The Morgan fingerprint density at radius 2 is 2.06 bits per heavy atom. The van der Waals surface area contributed by atoms with Gasteiger partial charge in [0.25, 0.3) is 5.69 Å². The van der Waals surface area contributed by atoms with E-state index in [1.165, 1.54) is 37.5 Å². The van der Waals surface area contributed by atoms with Gasteiger partial charge >= 0.3 is 0 Å². The van der Waals surface area contributed by atoms with Gasteiger partial charge in [0.15, 0.2) is 0 Å². The molecule has 1 saturated carbocycles. The third-order valence-electron chi connectivity index (χ3n) is 3.22. The molecule has 0 atom stereocenters. The molecule has 1 aliphatic carbocycles. The maximum atomic E-state index is 10.6. The molecule has 18 heavy (non-hydrogen) atoms. The van der Waals surface area contributed by atoms with Crippen LogP contribution in [0.4, 0.5) is 5.69 Å². The van der Waals surface area contributed by atoms with Gasteiger partial charge in [-0.2, -0.15) is 0 Å². The molecule has 0 aromatic heterocycles. The molecule has 5 heteroatoms. The number of aliphatic imine (C=N–C) groups is 1. The summed E-state index contributed by atoms with van der Waals surface area (Å²) in [5.74, 6) is 0.0279. The van der Waals surface area contributed by atoms with E-state index in [4.69, 9.17) is 0 Å². The number of nitro benzene ring substituents is 1. The SMILES string of the molecule is O=[N+]([O-])c1ccc(O)c(/C=N/C2CCCCC2)c1. The van der Waals surface area contributed by atoms with Crippen LogP contribution in [-0.4, -0.2) is 22.3 Å². The predicted molar refractivity (Wildman–Crippen MR) is 69.2 cm³/mol. The second-order valence-electron chi connectivity index (χ2n) is 4.57. The van der Waals surface area contributed by atoms with Crippen molar-refractivity contribution >= 4 is 11.9 Å². The third kappa shape index (κ3) is 3.06. The lowest BCUT2D eigenvalue weighted by Crippen LogP contribution is -2.09. The first kappa shape index (κ1) is 12.5. The topological polar surface area (TPSA) is 75.7 Å². The molecule has 1 aromatic carbocycles. The van der Waals surface area contributed by atoms with Crippen molar-refractivity contribution in [2.45, 2.75) is 38.1 Å². The Morgan fingerprint density at radius 1 is 1.33 bits per heavy atom. The number of phenols is 1. The van der Waals surface area contributed by atoms with E-state index < -0.39 is 4.92 Å². The first-order valence-electron chi connectivity index (χ1n) is 6.17. The normalized spacial score (nSPS) is 17.1. The van der Waals surface area contributed by atoms with E-state index in [1.54, 1.807) is 6.21 Å². The molecule has 0 amide bonds. The van der Waals surface area contributed by atoms with Crippen LogP contribution in [-0.2, 0) is 0 Å². The van der Waals surface area contributed by atoms with Crippen molar-refractivity contribution < 1.29 is 10.0 Å². The van der Waals surface area contributed by atoms with Gasteiger partial charge < -0.3 is 5.11 Å². The summed E-state index contributed by atoms with van der Waals surface area (Å²) in [6.45, 7) is 0. The number of phenolic OH excluding ortho intramolecular Hbond substituents is 1.